The quantitative estimate of drug-likeness (QED) is 0.787. The van der Waals surface area contributed by atoms with Crippen molar-refractivity contribution >= 4 is 11.9 Å². The number of rotatable bonds is 4. The van der Waals surface area contributed by atoms with Crippen LogP contribution in [0, 0.1) is 5.92 Å². The maximum atomic E-state index is 12.9. The molecule has 1 aliphatic rings. The monoisotopic (exact) mass is 393 g/mol. The van der Waals surface area contributed by atoms with E-state index in [-0.39, 0.29) is 6.42 Å². The van der Waals surface area contributed by atoms with Gasteiger partial charge in [0.2, 0.25) is 0 Å². The van der Waals surface area contributed by atoms with Crippen LogP contribution in [0.3, 0.4) is 0 Å². The Morgan fingerprint density at radius 3 is 2.11 bits per heavy atom. The smallest absolute Gasteiger partial charge is 0.369 e. The first-order valence-electron chi connectivity index (χ1n) is 9.37. The Kier molecular flexibility index (Phi) is 6.23. The van der Waals surface area contributed by atoms with E-state index in [4.69, 9.17) is 14.3 Å². The molecule has 3 atom stereocenters. The molecular weight excluding hydrogens is 362 g/mol. The molecule has 7 nitrogen and oxygen atoms in total. The lowest BCUT2D eigenvalue weighted by Crippen LogP contribution is -2.51. The van der Waals surface area contributed by atoms with E-state index in [0.717, 1.165) is 5.56 Å². The Labute approximate surface area is 166 Å². The van der Waals surface area contributed by atoms with E-state index < -0.39 is 40.9 Å². The van der Waals surface area contributed by atoms with Crippen LogP contribution < -0.4 is 0 Å². The molecule has 1 saturated heterocycles. The summed E-state index contributed by atoms with van der Waals surface area (Å²) in [5.41, 5.74) is -0.695. The van der Waals surface area contributed by atoms with Crippen molar-refractivity contribution in [1.82, 2.24) is 5.06 Å². The van der Waals surface area contributed by atoms with Crippen molar-refractivity contribution in [2.24, 2.45) is 5.92 Å². The maximum absolute atomic E-state index is 12.9. The van der Waals surface area contributed by atoms with Crippen LogP contribution in [0.15, 0.2) is 30.3 Å². The van der Waals surface area contributed by atoms with E-state index in [0.29, 0.717) is 0 Å². The molecule has 0 radical (unpaired) electrons. The summed E-state index contributed by atoms with van der Waals surface area (Å²) < 4.78 is 10.9. The fourth-order valence-corrected chi connectivity index (χ4v) is 3.14. The minimum Gasteiger partial charge on any atom is -0.459 e. The second-order valence-corrected chi connectivity index (χ2v) is 9.11. The van der Waals surface area contributed by atoms with Crippen LogP contribution in [0.1, 0.15) is 47.1 Å². The Morgan fingerprint density at radius 1 is 1.07 bits per heavy atom. The normalized spacial score (nSPS) is 26.1. The summed E-state index contributed by atoms with van der Waals surface area (Å²) in [6, 6.07) is 8.32. The molecule has 7 heteroatoms. The highest BCUT2D eigenvalue weighted by molar-refractivity contribution is 5.83. The number of ether oxygens (including phenoxy) is 2. The number of aliphatic hydroxyl groups is 1. The Bertz CT molecular complexity index is 706. The van der Waals surface area contributed by atoms with E-state index >= 15 is 0 Å². The third kappa shape index (κ3) is 5.31. The number of likely N-dealkylation sites (N-methyl/N-ethyl adjacent to an activating group) is 1. The minimum atomic E-state index is -2.31. The van der Waals surface area contributed by atoms with Crippen molar-refractivity contribution in [3.63, 3.8) is 0 Å². The lowest BCUT2D eigenvalue weighted by atomic mass is 9.85. The molecule has 28 heavy (non-hydrogen) atoms. The van der Waals surface area contributed by atoms with Crippen molar-refractivity contribution in [2.75, 3.05) is 7.05 Å². The lowest BCUT2D eigenvalue weighted by molar-refractivity contribution is -0.288. The van der Waals surface area contributed by atoms with Crippen LogP contribution in [-0.2, 0) is 30.3 Å². The molecule has 1 heterocycles. The first-order valence-corrected chi connectivity index (χ1v) is 9.37. The molecule has 0 spiro atoms. The number of nitrogens with zero attached hydrogens (tertiary/aromatic N) is 1. The highest BCUT2D eigenvalue weighted by Crippen LogP contribution is 2.39. The summed E-state index contributed by atoms with van der Waals surface area (Å²) in [7, 11) is 1.49. The molecule has 1 aromatic carbocycles. The summed E-state index contributed by atoms with van der Waals surface area (Å²) in [5, 5.41) is 12.4. The summed E-state index contributed by atoms with van der Waals surface area (Å²) in [5.74, 6) is -4.72. The molecule has 1 fully saturated rings. The van der Waals surface area contributed by atoms with Crippen molar-refractivity contribution in [2.45, 2.75) is 71.0 Å². The lowest BCUT2D eigenvalue weighted by Gasteiger charge is -2.30. The summed E-state index contributed by atoms with van der Waals surface area (Å²) in [6.07, 6.45) is 0.227. The first kappa shape index (κ1) is 22.3. The van der Waals surface area contributed by atoms with Gasteiger partial charge in [0, 0.05) is 7.05 Å². The van der Waals surface area contributed by atoms with Gasteiger partial charge in [0.1, 0.15) is 17.2 Å². The average molecular weight is 393 g/mol. The van der Waals surface area contributed by atoms with Crippen LogP contribution in [0.25, 0.3) is 0 Å². The summed E-state index contributed by atoms with van der Waals surface area (Å²) >= 11 is 0. The molecule has 0 aliphatic carbocycles. The average Bonchev–Trinajstić information content (AvgIpc) is 2.77. The topological polar surface area (TPSA) is 85.3 Å². The van der Waals surface area contributed by atoms with Gasteiger partial charge in [-0.2, -0.15) is 5.06 Å². The van der Waals surface area contributed by atoms with Crippen molar-refractivity contribution in [1.29, 1.82) is 0 Å². The van der Waals surface area contributed by atoms with Crippen LogP contribution >= 0.6 is 0 Å². The van der Waals surface area contributed by atoms with Crippen molar-refractivity contribution in [3.05, 3.63) is 35.9 Å². The molecule has 0 bridgehead atoms. The van der Waals surface area contributed by atoms with Gasteiger partial charge in [0.15, 0.2) is 0 Å². The van der Waals surface area contributed by atoms with E-state index in [2.05, 4.69) is 0 Å². The number of carbonyl (C=O) groups is 2. The zero-order chi connectivity index (χ0) is 21.3. The molecule has 0 amide bonds. The van der Waals surface area contributed by atoms with Gasteiger partial charge in [-0.25, -0.2) is 4.79 Å². The molecule has 0 unspecified atom stereocenters. The highest BCUT2D eigenvalue weighted by Gasteiger charge is 2.62. The molecule has 0 saturated carbocycles. The van der Waals surface area contributed by atoms with Crippen molar-refractivity contribution < 1.29 is 29.0 Å². The highest BCUT2D eigenvalue weighted by atomic mass is 16.8. The second-order valence-electron chi connectivity index (χ2n) is 9.11. The Hall–Kier alpha value is -1.96. The molecule has 1 N–H and O–H groups in total. The standard InChI is InChI=1S/C21H31NO6/c1-19(2,3)26-17(23)16-15(13-14-11-9-8-10-12-14)21(25,28-22(16)7)18(24)27-20(4,5)6/h8-12,15-16,25H,13H2,1-7H3/t15-,16+,21-/m1/s1. The first-order chi connectivity index (χ1) is 12.7. The molecule has 2 rings (SSSR count). The van der Waals surface area contributed by atoms with Crippen LogP contribution in [-0.4, -0.2) is 52.2 Å². The van der Waals surface area contributed by atoms with Gasteiger partial charge in [0.25, 0.3) is 5.79 Å². The van der Waals surface area contributed by atoms with Crippen LogP contribution in [0.2, 0.25) is 0 Å². The van der Waals surface area contributed by atoms with Gasteiger partial charge >= 0.3 is 11.9 Å². The summed E-state index contributed by atoms with van der Waals surface area (Å²) in [6.45, 7) is 10.4. The maximum Gasteiger partial charge on any atom is 0.369 e. The number of hydrogen-bond donors (Lipinski definition) is 1. The number of hydroxylamine groups is 2. The third-order valence-electron chi connectivity index (χ3n) is 4.20. The van der Waals surface area contributed by atoms with Gasteiger partial charge in [-0.05, 0) is 53.5 Å². The summed E-state index contributed by atoms with van der Waals surface area (Å²) in [4.78, 5) is 31.2. The van der Waals surface area contributed by atoms with E-state index in [9.17, 15) is 14.7 Å². The molecule has 1 aromatic rings. The molecule has 156 valence electrons. The van der Waals surface area contributed by atoms with Gasteiger partial charge in [0.05, 0.1) is 5.92 Å². The molecular formula is C21H31NO6. The van der Waals surface area contributed by atoms with Crippen molar-refractivity contribution in [3.8, 4) is 0 Å². The van der Waals surface area contributed by atoms with E-state index in [1.165, 1.54) is 12.1 Å². The predicted molar refractivity (Wildman–Crippen MR) is 103 cm³/mol. The molecule has 0 aromatic heterocycles. The number of esters is 2. The van der Waals surface area contributed by atoms with Gasteiger partial charge in [-0.15, -0.1) is 0 Å². The van der Waals surface area contributed by atoms with Crippen LogP contribution in [0.5, 0.6) is 0 Å². The fourth-order valence-electron chi connectivity index (χ4n) is 3.14. The Balaban J connectivity index is 2.41. The zero-order valence-electron chi connectivity index (χ0n) is 17.7. The SMILES string of the molecule is CN1O[C@@](O)(C(=O)OC(C)(C)C)[C@H](Cc2ccccc2)[C@H]1C(=O)OC(C)(C)C. The fraction of sp³-hybridized carbons (Fsp3) is 0.619. The third-order valence-corrected chi connectivity index (χ3v) is 4.20. The van der Waals surface area contributed by atoms with E-state index in [1.54, 1.807) is 41.5 Å². The predicted octanol–water partition coefficient (Wildman–Crippen LogP) is 2.46. The number of carbonyl (C=O) groups excluding carboxylic acids is 2. The number of hydrogen-bond acceptors (Lipinski definition) is 7. The minimum absolute atomic E-state index is 0.227. The second kappa shape index (κ2) is 7.81. The Morgan fingerprint density at radius 2 is 1.61 bits per heavy atom. The van der Waals surface area contributed by atoms with E-state index in [1.807, 2.05) is 30.3 Å². The van der Waals surface area contributed by atoms with Gasteiger partial charge in [-0.1, -0.05) is 30.3 Å². The molecule has 1 aliphatic heterocycles. The largest absolute Gasteiger partial charge is 0.459 e. The van der Waals surface area contributed by atoms with Gasteiger partial charge < -0.3 is 14.6 Å². The zero-order valence-corrected chi connectivity index (χ0v) is 17.7. The van der Waals surface area contributed by atoms with Crippen LogP contribution in [0.4, 0.5) is 0 Å². The number of benzene rings is 1. The van der Waals surface area contributed by atoms with Gasteiger partial charge in [-0.3, -0.25) is 9.63 Å².